The molecule has 1 amide bonds. The quantitative estimate of drug-likeness (QED) is 0.696. The maximum atomic E-state index is 12.5. The highest BCUT2D eigenvalue weighted by Crippen LogP contribution is 2.28. The van der Waals surface area contributed by atoms with E-state index in [4.69, 9.17) is 14.2 Å². The zero-order valence-electron chi connectivity index (χ0n) is 16.5. The van der Waals surface area contributed by atoms with Crippen LogP contribution >= 0.6 is 0 Å². The van der Waals surface area contributed by atoms with Crippen LogP contribution in [0, 0.1) is 6.92 Å². The van der Waals surface area contributed by atoms with Gasteiger partial charge in [-0.15, -0.1) is 0 Å². The van der Waals surface area contributed by atoms with E-state index < -0.39 is 0 Å². The summed E-state index contributed by atoms with van der Waals surface area (Å²) in [7, 11) is 3.04. The van der Waals surface area contributed by atoms with Crippen molar-refractivity contribution < 1.29 is 19.0 Å². The Balaban J connectivity index is 1.57. The van der Waals surface area contributed by atoms with Gasteiger partial charge >= 0.3 is 0 Å². The Kier molecular flexibility index (Phi) is 6.52. The first-order valence-electron chi connectivity index (χ1n) is 9.35. The van der Waals surface area contributed by atoms with E-state index >= 15 is 0 Å². The first-order chi connectivity index (χ1) is 13.6. The van der Waals surface area contributed by atoms with Gasteiger partial charge in [-0.05, 0) is 31.9 Å². The molecule has 0 atom stereocenters. The van der Waals surface area contributed by atoms with Crippen molar-refractivity contribution in [3.63, 3.8) is 0 Å². The first kappa shape index (κ1) is 19.7. The molecule has 8 heteroatoms. The SMILES string of the molecule is COc1cccc(OC)c1C(=O)NCCOc1cc(N2CCCC2)nc(C)n1. The number of aryl methyl sites for hydroxylation is 1. The molecule has 28 heavy (non-hydrogen) atoms. The van der Waals surface area contributed by atoms with Gasteiger partial charge in [-0.1, -0.05) is 6.07 Å². The summed E-state index contributed by atoms with van der Waals surface area (Å²) in [5, 5.41) is 2.83. The summed E-state index contributed by atoms with van der Waals surface area (Å²) in [6, 6.07) is 7.06. The number of carbonyl (C=O) groups is 1. The lowest BCUT2D eigenvalue weighted by Gasteiger charge is -2.17. The van der Waals surface area contributed by atoms with E-state index in [0.717, 1.165) is 18.9 Å². The van der Waals surface area contributed by atoms with Crippen LogP contribution in [0.2, 0.25) is 0 Å². The van der Waals surface area contributed by atoms with Crippen molar-refractivity contribution in [2.75, 3.05) is 45.4 Å². The second-order valence-electron chi connectivity index (χ2n) is 6.45. The standard InChI is InChI=1S/C20H26N4O4/c1-14-22-17(24-10-4-5-11-24)13-18(23-14)28-12-9-21-20(25)19-15(26-2)7-6-8-16(19)27-3/h6-8,13H,4-5,9-12H2,1-3H3,(H,21,25). The maximum absolute atomic E-state index is 12.5. The number of hydrogen-bond donors (Lipinski definition) is 1. The molecule has 1 aromatic carbocycles. The highest BCUT2D eigenvalue weighted by Gasteiger charge is 2.18. The summed E-state index contributed by atoms with van der Waals surface area (Å²) < 4.78 is 16.3. The van der Waals surface area contributed by atoms with Crippen molar-refractivity contribution in [1.82, 2.24) is 15.3 Å². The van der Waals surface area contributed by atoms with E-state index in [-0.39, 0.29) is 5.91 Å². The molecular formula is C20H26N4O4. The van der Waals surface area contributed by atoms with Gasteiger partial charge in [0, 0.05) is 19.2 Å². The van der Waals surface area contributed by atoms with Crippen LogP contribution in [0.15, 0.2) is 24.3 Å². The zero-order chi connectivity index (χ0) is 19.9. The fraction of sp³-hybridized carbons (Fsp3) is 0.450. The maximum Gasteiger partial charge on any atom is 0.258 e. The molecule has 0 radical (unpaired) electrons. The van der Waals surface area contributed by atoms with E-state index in [9.17, 15) is 4.79 Å². The molecule has 8 nitrogen and oxygen atoms in total. The number of nitrogens with one attached hydrogen (secondary N) is 1. The van der Waals surface area contributed by atoms with E-state index in [1.807, 2.05) is 13.0 Å². The summed E-state index contributed by atoms with van der Waals surface area (Å²) in [4.78, 5) is 23.6. The van der Waals surface area contributed by atoms with Crippen molar-refractivity contribution in [3.05, 3.63) is 35.7 Å². The van der Waals surface area contributed by atoms with Crippen molar-refractivity contribution in [2.24, 2.45) is 0 Å². The lowest BCUT2D eigenvalue weighted by Crippen LogP contribution is -2.29. The third-order valence-corrected chi connectivity index (χ3v) is 4.52. The number of carbonyl (C=O) groups excluding carboxylic acids is 1. The summed E-state index contributed by atoms with van der Waals surface area (Å²) in [6.45, 7) is 4.47. The van der Waals surface area contributed by atoms with Crippen LogP contribution in [0.25, 0.3) is 0 Å². The molecule has 2 aromatic rings. The van der Waals surface area contributed by atoms with Crippen LogP contribution in [0.3, 0.4) is 0 Å². The van der Waals surface area contributed by atoms with Gasteiger partial charge in [-0.3, -0.25) is 4.79 Å². The number of nitrogens with zero attached hydrogens (tertiary/aromatic N) is 3. The largest absolute Gasteiger partial charge is 0.496 e. The number of ether oxygens (including phenoxy) is 3. The summed E-state index contributed by atoms with van der Waals surface area (Å²) >= 11 is 0. The number of rotatable bonds is 8. The van der Waals surface area contributed by atoms with Crippen LogP contribution < -0.4 is 24.4 Å². The number of hydrogen-bond acceptors (Lipinski definition) is 7. The van der Waals surface area contributed by atoms with Crippen LogP contribution in [0.5, 0.6) is 17.4 Å². The molecule has 1 aliphatic rings. The third kappa shape index (κ3) is 4.62. The van der Waals surface area contributed by atoms with Crippen LogP contribution in [-0.4, -0.2) is 56.3 Å². The molecule has 0 unspecified atom stereocenters. The third-order valence-electron chi connectivity index (χ3n) is 4.52. The van der Waals surface area contributed by atoms with Gasteiger partial charge in [-0.25, -0.2) is 4.98 Å². The van der Waals surface area contributed by atoms with Crippen molar-refractivity contribution in [3.8, 4) is 17.4 Å². The molecular weight excluding hydrogens is 360 g/mol. The molecule has 150 valence electrons. The first-order valence-corrected chi connectivity index (χ1v) is 9.35. The van der Waals surface area contributed by atoms with E-state index in [1.165, 1.54) is 27.1 Å². The summed E-state index contributed by atoms with van der Waals surface area (Å²) in [5.74, 6) is 2.71. The van der Waals surface area contributed by atoms with Crippen LogP contribution in [0.4, 0.5) is 5.82 Å². The van der Waals surface area contributed by atoms with Crippen LogP contribution in [0.1, 0.15) is 29.0 Å². The van der Waals surface area contributed by atoms with Gasteiger partial charge in [0.05, 0.1) is 20.8 Å². The number of anilines is 1. The second kappa shape index (κ2) is 9.25. The molecule has 1 aromatic heterocycles. The number of aromatic nitrogens is 2. The molecule has 1 N–H and O–H groups in total. The Morgan fingerprint density at radius 2 is 1.82 bits per heavy atom. The topological polar surface area (TPSA) is 85.8 Å². The Morgan fingerprint density at radius 3 is 2.46 bits per heavy atom. The second-order valence-corrected chi connectivity index (χ2v) is 6.45. The number of methoxy groups -OCH3 is 2. The van der Waals surface area contributed by atoms with Gasteiger partial charge in [0.1, 0.15) is 35.3 Å². The van der Waals surface area contributed by atoms with Gasteiger partial charge in [-0.2, -0.15) is 4.98 Å². The average Bonchev–Trinajstić information content (AvgIpc) is 3.25. The van der Waals surface area contributed by atoms with E-state index in [2.05, 4.69) is 20.2 Å². The highest BCUT2D eigenvalue weighted by molar-refractivity contribution is 5.99. The van der Waals surface area contributed by atoms with Gasteiger partial charge in [0.15, 0.2) is 0 Å². The lowest BCUT2D eigenvalue weighted by molar-refractivity contribution is 0.0940. The Hall–Kier alpha value is -3.03. The number of amides is 1. The minimum atomic E-state index is -0.283. The molecule has 2 heterocycles. The van der Waals surface area contributed by atoms with Crippen LogP contribution in [-0.2, 0) is 0 Å². The summed E-state index contributed by atoms with van der Waals surface area (Å²) in [6.07, 6.45) is 2.36. The van der Waals surface area contributed by atoms with Crippen molar-refractivity contribution in [2.45, 2.75) is 19.8 Å². The Morgan fingerprint density at radius 1 is 1.14 bits per heavy atom. The Labute approximate surface area is 164 Å². The highest BCUT2D eigenvalue weighted by atomic mass is 16.5. The molecule has 1 aliphatic heterocycles. The molecule has 0 bridgehead atoms. The predicted molar refractivity (Wildman–Crippen MR) is 106 cm³/mol. The molecule has 0 spiro atoms. The minimum Gasteiger partial charge on any atom is -0.496 e. The van der Waals surface area contributed by atoms with Gasteiger partial charge < -0.3 is 24.4 Å². The smallest absolute Gasteiger partial charge is 0.258 e. The molecule has 1 saturated heterocycles. The van der Waals surface area contributed by atoms with Gasteiger partial charge in [0.2, 0.25) is 5.88 Å². The predicted octanol–water partition coefficient (Wildman–Crippen LogP) is 2.21. The summed E-state index contributed by atoms with van der Waals surface area (Å²) in [5.41, 5.74) is 0.363. The fourth-order valence-corrected chi connectivity index (χ4v) is 3.19. The average molecular weight is 386 g/mol. The van der Waals surface area contributed by atoms with Crippen molar-refractivity contribution in [1.29, 1.82) is 0 Å². The molecule has 0 saturated carbocycles. The lowest BCUT2D eigenvalue weighted by atomic mass is 10.1. The fourth-order valence-electron chi connectivity index (χ4n) is 3.19. The van der Waals surface area contributed by atoms with Crippen molar-refractivity contribution >= 4 is 11.7 Å². The zero-order valence-corrected chi connectivity index (χ0v) is 16.5. The molecule has 1 fully saturated rings. The number of benzene rings is 1. The Bertz CT molecular complexity index is 800. The van der Waals surface area contributed by atoms with Gasteiger partial charge in [0.25, 0.3) is 5.91 Å². The monoisotopic (exact) mass is 386 g/mol. The molecule has 3 rings (SSSR count). The van der Waals surface area contributed by atoms with E-state index in [1.54, 1.807) is 18.2 Å². The normalized spacial score (nSPS) is 13.3. The minimum absolute atomic E-state index is 0.283. The van der Waals surface area contributed by atoms with E-state index in [0.29, 0.717) is 41.9 Å². The molecule has 0 aliphatic carbocycles.